The standard InChI is InChI=1S/C12H18ClNO3S/c1-11-3-5-12(6-4-11)18(15,16)14-8-2-9-17-10-7-13/h3-6,14H,2,7-10H2,1H3. The number of aryl methyl sites for hydroxylation is 1. The van der Waals surface area contributed by atoms with Crippen molar-refractivity contribution in [2.45, 2.75) is 18.2 Å². The van der Waals surface area contributed by atoms with E-state index in [4.69, 9.17) is 16.3 Å². The molecule has 0 aliphatic rings. The molecule has 0 aliphatic carbocycles. The molecule has 1 rings (SSSR count). The highest BCUT2D eigenvalue weighted by Crippen LogP contribution is 2.09. The molecule has 1 N–H and O–H groups in total. The van der Waals surface area contributed by atoms with E-state index < -0.39 is 10.0 Å². The van der Waals surface area contributed by atoms with E-state index in [2.05, 4.69) is 4.72 Å². The number of hydrogen-bond donors (Lipinski definition) is 1. The van der Waals surface area contributed by atoms with Crippen LogP contribution in [0, 0.1) is 6.92 Å². The van der Waals surface area contributed by atoms with Crippen LogP contribution in [0.2, 0.25) is 0 Å². The molecule has 102 valence electrons. The maximum Gasteiger partial charge on any atom is 0.240 e. The third-order valence-electron chi connectivity index (χ3n) is 2.31. The van der Waals surface area contributed by atoms with Crippen molar-refractivity contribution in [3.8, 4) is 0 Å². The van der Waals surface area contributed by atoms with E-state index in [0.29, 0.717) is 32.1 Å². The first-order chi connectivity index (χ1) is 8.56. The minimum absolute atomic E-state index is 0.287. The lowest BCUT2D eigenvalue weighted by molar-refractivity contribution is 0.147. The Morgan fingerprint density at radius 2 is 1.89 bits per heavy atom. The van der Waals surface area contributed by atoms with Gasteiger partial charge in [0.15, 0.2) is 0 Å². The molecule has 0 spiro atoms. The van der Waals surface area contributed by atoms with Crippen molar-refractivity contribution in [3.63, 3.8) is 0 Å². The van der Waals surface area contributed by atoms with E-state index in [1.54, 1.807) is 24.3 Å². The van der Waals surface area contributed by atoms with E-state index in [0.717, 1.165) is 5.56 Å². The van der Waals surface area contributed by atoms with Crippen LogP contribution in [0.15, 0.2) is 29.2 Å². The lowest BCUT2D eigenvalue weighted by Gasteiger charge is -2.07. The normalized spacial score (nSPS) is 11.7. The molecule has 1 aromatic rings. The van der Waals surface area contributed by atoms with Crippen LogP contribution >= 0.6 is 11.6 Å². The Hall–Kier alpha value is -0.620. The highest BCUT2D eigenvalue weighted by Gasteiger charge is 2.12. The molecular formula is C12H18ClNO3S. The first-order valence-corrected chi connectivity index (χ1v) is 7.78. The summed E-state index contributed by atoms with van der Waals surface area (Å²) < 4.78 is 31.4. The zero-order valence-corrected chi connectivity index (χ0v) is 11.9. The summed E-state index contributed by atoms with van der Waals surface area (Å²) in [6.45, 7) is 3.27. The van der Waals surface area contributed by atoms with Gasteiger partial charge in [0, 0.05) is 19.0 Å². The van der Waals surface area contributed by atoms with Gasteiger partial charge in [0.1, 0.15) is 0 Å². The van der Waals surface area contributed by atoms with Gasteiger partial charge in [0.25, 0.3) is 0 Å². The van der Waals surface area contributed by atoms with Crippen LogP contribution in [0.1, 0.15) is 12.0 Å². The number of nitrogens with one attached hydrogen (secondary N) is 1. The lowest BCUT2D eigenvalue weighted by Crippen LogP contribution is -2.25. The van der Waals surface area contributed by atoms with Crippen molar-refractivity contribution in [1.29, 1.82) is 0 Å². The second-order valence-electron chi connectivity index (χ2n) is 3.87. The van der Waals surface area contributed by atoms with Gasteiger partial charge in [-0.2, -0.15) is 0 Å². The molecule has 0 fully saturated rings. The Morgan fingerprint density at radius 1 is 1.22 bits per heavy atom. The van der Waals surface area contributed by atoms with Crippen molar-refractivity contribution in [1.82, 2.24) is 4.72 Å². The molecule has 0 radical (unpaired) electrons. The van der Waals surface area contributed by atoms with Gasteiger partial charge in [-0.1, -0.05) is 17.7 Å². The number of hydrogen-bond acceptors (Lipinski definition) is 3. The van der Waals surface area contributed by atoms with Crippen molar-refractivity contribution < 1.29 is 13.2 Å². The summed E-state index contributed by atoms with van der Waals surface area (Å²) >= 11 is 5.44. The fourth-order valence-electron chi connectivity index (χ4n) is 1.34. The molecular weight excluding hydrogens is 274 g/mol. The Morgan fingerprint density at radius 3 is 2.50 bits per heavy atom. The summed E-state index contributed by atoms with van der Waals surface area (Å²) in [5, 5.41) is 0. The van der Waals surface area contributed by atoms with E-state index in [1.165, 1.54) is 0 Å². The number of benzene rings is 1. The zero-order chi connectivity index (χ0) is 13.4. The monoisotopic (exact) mass is 291 g/mol. The summed E-state index contributed by atoms with van der Waals surface area (Å²) in [5.41, 5.74) is 1.03. The van der Waals surface area contributed by atoms with Gasteiger partial charge in [-0.3, -0.25) is 0 Å². The molecule has 1 aromatic carbocycles. The molecule has 4 nitrogen and oxygen atoms in total. The Labute approximate surface area is 113 Å². The number of halogens is 1. The fourth-order valence-corrected chi connectivity index (χ4v) is 2.52. The van der Waals surface area contributed by atoms with Crippen LogP contribution in [0.25, 0.3) is 0 Å². The first kappa shape index (κ1) is 15.4. The molecule has 0 saturated carbocycles. The molecule has 0 amide bonds. The van der Waals surface area contributed by atoms with Gasteiger partial charge in [-0.25, -0.2) is 13.1 Å². The number of rotatable bonds is 8. The second-order valence-corrected chi connectivity index (χ2v) is 6.01. The van der Waals surface area contributed by atoms with E-state index in [-0.39, 0.29) is 4.90 Å². The maximum atomic E-state index is 11.9. The SMILES string of the molecule is Cc1ccc(S(=O)(=O)NCCCOCCCl)cc1. The molecule has 0 heterocycles. The molecule has 18 heavy (non-hydrogen) atoms. The van der Waals surface area contributed by atoms with Crippen molar-refractivity contribution in [2.24, 2.45) is 0 Å². The van der Waals surface area contributed by atoms with Crippen LogP contribution in [-0.2, 0) is 14.8 Å². The predicted octanol–water partition coefficient (Wildman–Crippen LogP) is 1.92. The van der Waals surface area contributed by atoms with Gasteiger partial charge < -0.3 is 4.74 Å². The Balaban J connectivity index is 2.38. The van der Waals surface area contributed by atoms with Crippen molar-refractivity contribution in [3.05, 3.63) is 29.8 Å². The van der Waals surface area contributed by atoms with Crippen LogP contribution in [-0.4, -0.2) is 34.1 Å². The van der Waals surface area contributed by atoms with E-state index in [9.17, 15) is 8.42 Å². The largest absolute Gasteiger partial charge is 0.380 e. The zero-order valence-electron chi connectivity index (χ0n) is 10.4. The fraction of sp³-hybridized carbons (Fsp3) is 0.500. The highest BCUT2D eigenvalue weighted by molar-refractivity contribution is 7.89. The van der Waals surface area contributed by atoms with Gasteiger partial charge in [0.05, 0.1) is 11.5 Å². The molecule has 0 unspecified atom stereocenters. The summed E-state index contributed by atoms with van der Waals surface area (Å²) in [4.78, 5) is 0.287. The molecule has 0 aliphatic heterocycles. The van der Waals surface area contributed by atoms with Crippen LogP contribution in [0.5, 0.6) is 0 Å². The van der Waals surface area contributed by atoms with E-state index in [1.807, 2.05) is 6.92 Å². The summed E-state index contributed by atoms with van der Waals surface area (Å²) in [6, 6.07) is 6.75. The van der Waals surface area contributed by atoms with Crippen molar-refractivity contribution >= 4 is 21.6 Å². The van der Waals surface area contributed by atoms with E-state index >= 15 is 0 Å². The molecule has 0 atom stereocenters. The second kappa shape index (κ2) is 7.74. The minimum Gasteiger partial charge on any atom is -0.380 e. The molecule has 6 heteroatoms. The third-order valence-corrected chi connectivity index (χ3v) is 3.94. The summed E-state index contributed by atoms with van der Waals surface area (Å²) in [6.07, 6.45) is 0.627. The van der Waals surface area contributed by atoms with Crippen molar-refractivity contribution in [2.75, 3.05) is 25.6 Å². The first-order valence-electron chi connectivity index (χ1n) is 5.76. The van der Waals surface area contributed by atoms with Crippen LogP contribution < -0.4 is 4.72 Å². The number of alkyl halides is 1. The third kappa shape index (κ3) is 5.35. The Bertz CT molecular complexity index is 445. The van der Waals surface area contributed by atoms with Crippen LogP contribution in [0.3, 0.4) is 0 Å². The van der Waals surface area contributed by atoms with Crippen LogP contribution in [0.4, 0.5) is 0 Å². The van der Waals surface area contributed by atoms with Gasteiger partial charge in [-0.05, 0) is 25.5 Å². The molecule has 0 bridgehead atoms. The topological polar surface area (TPSA) is 55.4 Å². The maximum absolute atomic E-state index is 11.9. The van der Waals surface area contributed by atoms with Gasteiger partial charge >= 0.3 is 0 Å². The van der Waals surface area contributed by atoms with Gasteiger partial charge in [0.2, 0.25) is 10.0 Å². The minimum atomic E-state index is -3.40. The highest BCUT2D eigenvalue weighted by atomic mass is 35.5. The number of ether oxygens (including phenoxy) is 1. The summed E-state index contributed by atoms with van der Waals surface area (Å²) in [7, 11) is -3.40. The average molecular weight is 292 g/mol. The Kier molecular flexibility index (Phi) is 6.63. The van der Waals surface area contributed by atoms with Gasteiger partial charge in [-0.15, -0.1) is 11.6 Å². The average Bonchev–Trinajstić information content (AvgIpc) is 2.34. The lowest BCUT2D eigenvalue weighted by atomic mass is 10.2. The number of sulfonamides is 1. The molecule has 0 aromatic heterocycles. The summed E-state index contributed by atoms with van der Waals surface area (Å²) in [5.74, 6) is 0.453. The molecule has 0 saturated heterocycles. The smallest absolute Gasteiger partial charge is 0.240 e. The predicted molar refractivity (Wildman–Crippen MR) is 72.5 cm³/mol. The quantitative estimate of drug-likeness (QED) is 0.588.